The van der Waals surface area contributed by atoms with Crippen LogP contribution in [0, 0.1) is 12.7 Å². The second-order valence-corrected chi connectivity index (χ2v) is 8.80. The van der Waals surface area contributed by atoms with E-state index in [1.807, 2.05) is 0 Å². The molecule has 2 aromatic rings. The molecule has 0 atom stereocenters. The average molecular weight is 379 g/mol. The van der Waals surface area contributed by atoms with E-state index in [4.69, 9.17) is 0 Å². The zero-order valence-corrected chi connectivity index (χ0v) is 15.9. The minimum atomic E-state index is -3.24. The molecule has 0 unspecified atom stereocenters. The van der Waals surface area contributed by atoms with Gasteiger partial charge in [-0.1, -0.05) is 0 Å². The number of hydrogen-bond acceptors (Lipinski definition) is 4. The van der Waals surface area contributed by atoms with Crippen molar-refractivity contribution in [3.8, 4) is 0 Å². The molecule has 1 aromatic heterocycles. The van der Waals surface area contributed by atoms with Gasteiger partial charge in [-0.05, 0) is 38.0 Å². The molecule has 0 saturated carbocycles. The van der Waals surface area contributed by atoms with Crippen LogP contribution in [0.4, 0.5) is 4.39 Å². The highest BCUT2D eigenvalue weighted by Gasteiger charge is 2.30. The lowest BCUT2D eigenvalue weighted by molar-refractivity contribution is 0.0685. The largest absolute Gasteiger partial charge is 0.338 e. The number of aromatic nitrogens is 1. The van der Waals surface area contributed by atoms with Crippen molar-refractivity contribution in [2.75, 3.05) is 26.4 Å². The van der Waals surface area contributed by atoms with Gasteiger partial charge in [0, 0.05) is 37.6 Å². The van der Waals surface area contributed by atoms with Gasteiger partial charge in [-0.2, -0.15) is 0 Å². The Morgan fingerprint density at radius 3 is 2.54 bits per heavy atom. The fraction of sp³-hybridized carbons (Fsp3) is 0.444. The molecule has 26 heavy (non-hydrogen) atoms. The summed E-state index contributed by atoms with van der Waals surface area (Å²) >= 11 is 0. The first-order valence-corrected chi connectivity index (χ1v) is 10.3. The van der Waals surface area contributed by atoms with Crippen LogP contribution < -0.4 is 0 Å². The summed E-state index contributed by atoms with van der Waals surface area (Å²) in [6, 6.07) is 5.96. The first kappa shape index (κ1) is 18.7. The molecule has 3 rings (SSSR count). The lowest BCUT2D eigenvalue weighted by Gasteiger charge is -2.35. The molecule has 2 heterocycles. The van der Waals surface area contributed by atoms with Crippen LogP contribution >= 0.6 is 0 Å². The first-order chi connectivity index (χ1) is 12.2. The van der Waals surface area contributed by atoms with E-state index < -0.39 is 10.0 Å². The van der Waals surface area contributed by atoms with Crippen molar-refractivity contribution in [3.63, 3.8) is 0 Å². The fourth-order valence-corrected chi connectivity index (χ4v) is 4.08. The van der Waals surface area contributed by atoms with Crippen LogP contribution in [-0.2, 0) is 10.0 Å². The molecular formula is C18H22FN3O3S. The van der Waals surface area contributed by atoms with E-state index in [9.17, 15) is 17.6 Å². The number of fused-ring (bicyclic) bond motifs is 1. The number of benzene rings is 1. The van der Waals surface area contributed by atoms with E-state index in [0.717, 1.165) is 0 Å². The standard InChI is InChI=1S/C18H22FN3O3S/c1-12-16(10-13-4-5-14(19)11-17(13)20-12)18(23)22-8-6-15(7-9-22)21(2)26(3,24)25/h4-5,10-11,15H,6-9H2,1-3H3. The van der Waals surface area contributed by atoms with E-state index in [-0.39, 0.29) is 17.8 Å². The monoisotopic (exact) mass is 379 g/mol. The number of halogens is 1. The third-order valence-corrected chi connectivity index (χ3v) is 6.33. The zero-order valence-electron chi connectivity index (χ0n) is 15.1. The van der Waals surface area contributed by atoms with E-state index in [1.165, 1.54) is 22.7 Å². The van der Waals surface area contributed by atoms with Gasteiger partial charge in [0.05, 0.1) is 23.0 Å². The number of pyridine rings is 1. The Morgan fingerprint density at radius 1 is 1.27 bits per heavy atom. The molecule has 1 aliphatic rings. The molecule has 0 N–H and O–H groups in total. The molecule has 1 aromatic carbocycles. The van der Waals surface area contributed by atoms with Crippen molar-refractivity contribution in [2.24, 2.45) is 0 Å². The highest BCUT2D eigenvalue weighted by atomic mass is 32.2. The normalized spacial score (nSPS) is 16.4. The highest BCUT2D eigenvalue weighted by Crippen LogP contribution is 2.22. The Kier molecular flexibility index (Phi) is 4.98. The van der Waals surface area contributed by atoms with Crippen molar-refractivity contribution < 1.29 is 17.6 Å². The molecule has 0 bridgehead atoms. The van der Waals surface area contributed by atoms with Crippen LogP contribution in [0.3, 0.4) is 0 Å². The molecule has 1 aliphatic heterocycles. The minimum Gasteiger partial charge on any atom is -0.338 e. The number of amides is 1. The molecule has 140 valence electrons. The second-order valence-electron chi connectivity index (χ2n) is 6.76. The van der Waals surface area contributed by atoms with Gasteiger partial charge in [-0.15, -0.1) is 0 Å². The summed E-state index contributed by atoms with van der Waals surface area (Å²) in [6.07, 6.45) is 2.39. The average Bonchev–Trinajstić information content (AvgIpc) is 2.59. The number of rotatable bonds is 3. The maximum atomic E-state index is 13.3. The summed E-state index contributed by atoms with van der Waals surface area (Å²) in [4.78, 5) is 19.0. The molecule has 1 amide bonds. The van der Waals surface area contributed by atoms with E-state index >= 15 is 0 Å². The molecule has 0 aliphatic carbocycles. The Labute approximate surface area is 152 Å². The zero-order chi connectivity index (χ0) is 19.1. The van der Waals surface area contributed by atoms with Crippen LogP contribution in [0.25, 0.3) is 10.9 Å². The summed E-state index contributed by atoms with van der Waals surface area (Å²) in [5.74, 6) is -0.484. The Hall–Kier alpha value is -2.06. The third-order valence-electron chi connectivity index (χ3n) is 4.99. The number of likely N-dealkylation sites (tertiary alicyclic amines) is 1. The number of carbonyl (C=O) groups excluding carboxylic acids is 1. The second kappa shape index (κ2) is 6.92. The van der Waals surface area contributed by atoms with Gasteiger partial charge in [-0.3, -0.25) is 9.78 Å². The smallest absolute Gasteiger partial charge is 0.255 e. The maximum absolute atomic E-state index is 13.3. The molecule has 0 spiro atoms. The van der Waals surface area contributed by atoms with Gasteiger partial charge in [0.1, 0.15) is 5.82 Å². The van der Waals surface area contributed by atoms with Crippen molar-refractivity contribution in [1.82, 2.24) is 14.2 Å². The topological polar surface area (TPSA) is 70.6 Å². The van der Waals surface area contributed by atoms with Gasteiger partial charge < -0.3 is 4.90 Å². The Balaban J connectivity index is 1.78. The van der Waals surface area contributed by atoms with Gasteiger partial charge in [0.15, 0.2) is 0 Å². The number of hydrogen-bond donors (Lipinski definition) is 0. The van der Waals surface area contributed by atoms with E-state index in [0.29, 0.717) is 48.1 Å². The molecule has 6 nitrogen and oxygen atoms in total. The number of sulfonamides is 1. The summed E-state index contributed by atoms with van der Waals surface area (Å²) < 4.78 is 38.1. The maximum Gasteiger partial charge on any atom is 0.255 e. The van der Waals surface area contributed by atoms with Gasteiger partial charge in [-0.25, -0.2) is 17.1 Å². The van der Waals surface area contributed by atoms with Crippen LogP contribution in [0.5, 0.6) is 0 Å². The van der Waals surface area contributed by atoms with Gasteiger partial charge in [0.2, 0.25) is 10.0 Å². The predicted molar refractivity (Wildman–Crippen MR) is 98.0 cm³/mol. The number of aryl methyl sites for hydroxylation is 1. The summed E-state index contributed by atoms with van der Waals surface area (Å²) in [7, 11) is -1.66. The molecule has 1 fully saturated rings. The predicted octanol–water partition coefficient (Wildman–Crippen LogP) is 2.18. The summed E-state index contributed by atoms with van der Waals surface area (Å²) in [5, 5.41) is 0.715. The number of piperidine rings is 1. The fourth-order valence-electron chi connectivity index (χ4n) is 3.33. The quantitative estimate of drug-likeness (QED) is 0.820. The highest BCUT2D eigenvalue weighted by molar-refractivity contribution is 7.88. The van der Waals surface area contributed by atoms with Crippen molar-refractivity contribution in [3.05, 3.63) is 41.3 Å². The lowest BCUT2D eigenvalue weighted by atomic mass is 10.0. The number of nitrogens with zero attached hydrogens (tertiary/aromatic N) is 3. The van der Waals surface area contributed by atoms with E-state index in [2.05, 4.69) is 4.98 Å². The van der Waals surface area contributed by atoms with Crippen molar-refractivity contribution >= 4 is 26.8 Å². The van der Waals surface area contributed by atoms with Crippen molar-refractivity contribution in [1.29, 1.82) is 0 Å². The summed E-state index contributed by atoms with van der Waals surface area (Å²) in [5.41, 5.74) is 1.58. The molecule has 1 saturated heterocycles. The first-order valence-electron chi connectivity index (χ1n) is 8.46. The van der Waals surface area contributed by atoms with Crippen LogP contribution in [0.1, 0.15) is 28.9 Å². The van der Waals surface area contributed by atoms with Crippen molar-refractivity contribution in [2.45, 2.75) is 25.8 Å². The van der Waals surface area contributed by atoms with E-state index in [1.54, 1.807) is 31.0 Å². The van der Waals surface area contributed by atoms with Gasteiger partial charge in [0.25, 0.3) is 5.91 Å². The van der Waals surface area contributed by atoms with Gasteiger partial charge >= 0.3 is 0 Å². The SMILES string of the molecule is Cc1nc2cc(F)ccc2cc1C(=O)N1CCC(N(C)S(C)(=O)=O)CC1. The Morgan fingerprint density at radius 2 is 1.92 bits per heavy atom. The van der Waals surface area contributed by atoms with Crippen LogP contribution in [0.15, 0.2) is 24.3 Å². The summed E-state index contributed by atoms with van der Waals surface area (Å²) in [6.45, 7) is 2.72. The minimum absolute atomic E-state index is 0.0900. The Bertz CT molecular complexity index is 954. The van der Waals surface area contributed by atoms with Crippen LogP contribution in [0.2, 0.25) is 0 Å². The number of carbonyl (C=O) groups is 1. The molecular weight excluding hydrogens is 357 g/mol. The third kappa shape index (κ3) is 3.71. The lowest BCUT2D eigenvalue weighted by Crippen LogP contribution is -2.47. The van der Waals surface area contributed by atoms with Crippen LogP contribution in [-0.4, -0.2) is 60.9 Å². The molecule has 0 radical (unpaired) electrons. The molecule has 8 heteroatoms.